The minimum absolute atomic E-state index is 0.0520. The number of carbonyl (C=O) groups excluding carboxylic acids is 1. The van der Waals surface area contributed by atoms with Crippen LogP contribution in [0.4, 0.5) is 13.2 Å². The van der Waals surface area contributed by atoms with E-state index in [0.717, 1.165) is 29.9 Å². The SMILES string of the molecule is Cc1c(C(C)(C)O)s/c(=N\C(=O)c2cc(Cl)ccc2OCC(F)(F)F)n1C[C@H]1CCCO1. The molecule has 1 aromatic carbocycles. The number of thiazole rings is 1. The zero-order valence-electron chi connectivity index (χ0n) is 17.8. The number of hydrogen-bond acceptors (Lipinski definition) is 5. The van der Waals surface area contributed by atoms with Gasteiger partial charge in [-0.1, -0.05) is 22.9 Å². The fourth-order valence-electron chi connectivity index (χ4n) is 3.45. The Balaban J connectivity index is 2.03. The molecule has 1 amide bonds. The molecule has 0 saturated carbocycles. The summed E-state index contributed by atoms with van der Waals surface area (Å²) in [6.07, 6.45) is -2.82. The molecule has 1 aliphatic heterocycles. The fraction of sp³-hybridized carbons (Fsp3) is 0.524. The van der Waals surface area contributed by atoms with Crippen LogP contribution in [0.15, 0.2) is 23.2 Å². The van der Waals surface area contributed by atoms with E-state index in [0.29, 0.717) is 22.8 Å². The van der Waals surface area contributed by atoms with Gasteiger partial charge in [0.05, 0.1) is 28.7 Å². The second kappa shape index (κ2) is 9.54. The molecule has 1 aromatic heterocycles. The summed E-state index contributed by atoms with van der Waals surface area (Å²) in [7, 11) is 0. The Morgan fingerprint density at radius 1 is 1.41 bits per heavy atom. The zero-order valence-corrected chi connectivity index (χ0v) is 19.4. The molecule has 0 aliphatic carbocycles. The molecule has 0 radical (unpaired) electrons. The number of rotatable bonds is 6. The highest BCUT2D eigenvalue weighted by atomic mass is 35.5. The summed E-state index contributed by atoms with van der Waals surface area (Å²) in [6, 6.07) is 3.77. The summed E-state index contributed by atoms with van der Waals surface area (Å²) < 4.78 is 50.1. The van der Waals surface area contributed by atoms with Gasteiger partial charge in [0, 0.05) is 17.3 Å². The van der Waals surface area contributed by atoms with E-state index in [1.807, 2.05) is 6.92 Å². The van der Waals surface area contributed by atoms with Crippen LogP contribution in [-0.4, -0.2) is 41.1 Å². The van der Waals surface area contributed by atoms with Crippen molar-refractivity contribution >= 4 is 28.8 Å². The van der Waals surface area contributed by atoms with Crippen LogP contribution in [0.3, 0.4) is 0 Å². The maximum Gasteiger partial charge on any atom is 0.422 e. The predicted octanol–water partition coefficient (Wildman–Crippen LogP) is 4.60. The van der Waals surface area contributed by atoms with Gasteiger partial charge in [-0.2, -0.15) is 18.2 Å². The lowest BCUT2D eigenvalue weighted by atomic mass is 10.1. The van der Waals surface area contributed by atoms with Gasteiger partial charge in [-0.15, -0.1) is 0 Å². The van der Waals surface area contributed by atoms with Gasteiger partial charge in [0.1, 0.15) is 5.75 Å². The number of ether oxygens (including phenoxy) is 2. The monoisotopic (exact) mass is 492 g/mol. The van der Waals surface area contributed by atoms with Crippen molar-refractivity contribution in [2.45, 2.75) is 58.0 Å². The molecule has 1 fully saturated rings. The van der Waals surface area contributed by atoms with E-state index in [9.17, 15) is 23.1 Å². The number of benzene rings is 1. The number of carbonyl (C=O) groups is 1. The first-order valence-electron chi connectivity index (χ1n) is 9.98. The van der Waals surface area contributed by atoms with E-state index in [-0.39, 0.29) is 22.4 Å². The summed E-state index contributed by atoms with van der Waals surface area (Å²) in [5.74, 6) is -1.06. The van der Waals surface area contributed by atoms with Crippen molar-refractivity contribution in [2.75, 3.05) is 13.2 Å². The number of nitrogens with zero attached hydrogens (tertiary/aromatic N) is 2. The van der Waals surface area contributed by atoms with Gasteiger partial charge in [-0.3, -0.25) is 4.79 Å². The van der Waals surface area contributed by atoms with E-state index in [4.69, 9.17) is 21.1 Å². The molecule has 1 atom stereocenters. The maximum atomic E-state index is 13.0. The van der Waals surface area contributed by atoms with Crippen molar-refractivity contribution < 1.29 is 32.5 Å². The van der Waals surface area contributed by atoms with Crippen LogP contribution >= 0.6 is 22.9 Å². The van der Waals surface area contributed by atoms with E-state index in [1.165, 1.54) is 18.2 Å². The Hall–Kier alpha value is -1.88. The average molecular weight is 493 g/mol. The van der Waals surface area contributed by atoms with E-state index >= 15 is 0 Å². The van der Waals surface area contributed by atoms with Gasteiger partial charge < -0.3 is 19.1 Å². The minimum Gasteiger partial charge on any atom is -0.483 e. The third kappa shape index (κ3) is 6.12. The van der Waals surface area contributed by atoms with Crippen LogP contribution in [0.2, 0.25) is 5.02 Å². The second-order valence-corrected chi connectivity index (χ2v) is 9.48. The van der Waals surface area contributed by atoms with Crippen molar-refractivity contribution in [1.29, 1.82) is 0 Å². The summed E-state index contributed by atoms with van der Waals surface area (Å²) in [4.78, 5) is 18.1. The lowest BCUT2D eigenvalue weighted by molar-refractivity contribution is -0.153. The topological polar surface area (TPSA) is 73.0 Å². The molecule has 2 heterocycles. The normalized spacial score (nSPS) is 17.8. The third-order valence-electron chi connectivity index (χ3n) is 4.88. The van der Waals surface area contributed by atoms with Gasteiger partial charge in [-0.25, -0.2) is 0 Å². The van der Waals surface area contributed by atoms with Crippen LogP contribution in [-0.2, 0) is 16.9 Å². The first-order valence-corrected chi connectivity index (χ1v) is 11.2. The molecule has 2 aromatic rings. The van der Waals surface area contributed by atoms with Crippen molar-refractivity contribution in [1.82, 2.24) is 4.57 Å². The highest BCUT2D eigenvalue weighted by Crippen LogP contribution is 2.29. The Bertz CT molecular complexity index is 1050. The standard InChI is InChI=1S/C21H24ClF3N2O4S/c1-12-17(20(2,3)29)32-19(27(12)10-14-5-4-8-30-14)26-18(28)15-9-13(22)6-7-16(15)31-11-21(23,24)25/h6-7,9,14,29H,4-5,8,10-11H2,1-3H3/b26-19-/t14-/m1/s1. The molecule has 0 bridgehead atoms. The van der Waals surface area contributed by atoms with Gasteiger partial charge in [0.15, 0.2) is 11.4 Å². The average Bonchev–Trinajstić information content (AvgIpc) is 3.29. The van der Waals surface area contributed by atoms with Crippen LogP contribution in [0.5, 0.6) is 5.75 Å². The van der Waals surface area contributed by atoms with Crippen LogP contribution < -0.4 is 9.54 Å². The number of amides is 1. The Morgan fingerprint density at radius 2 is 2.12 bits per heavy atom. The fourth-order valence-corrected chi connectivity index (χ4v) is 4.76. The Kier molecular flexibility index (Phi) is 7.38. The largest absolute Gasteiger partial charge is 0.483 e. The highest BCUT2D eigenvalue weighted by Gasteiger charge is 2.30. The maximum absolute atomic E-state index is 13.0. The molecule has 32 heavy (non-hydrogen) atoms. The number of halogens is 4. The van der Waals surface area contributed by atoms with E-state index in [1.54, 1.807) is 18.4 Å². The van der Waals surface area contributed by atoms with Crippen LogP contribution in [0.25, 0.3) is 0 Å². The van der Waals surface area contributed by atoms with Gasteiger partial charge in [0.2, 0.25) is 0 Å². The molecule has 1 aliphatic rings. The van der Waals surface area contributed by atoms with Crippen LogP contribution in [0.1, 0.15) is 47.6 Å². The molecular formula is C21H24ClF3N2O4S. The smallest absolute Gasteiger partial charge is 0.422 e. The Morgan fingerprint density at radius 3 is 2.72 bits per heavy atom. The number of alkyl halides is 3. The quantitative estimate of drug-likeness (QED) is 0.639. The summed E-state index contributed by atoms with van der Waals surface area (Å²) in [5, 5.41) is 10.7. The molecule has 1 N–H and O–H groups in total. The molecule has 0 unspecified atom stereocenters. The predicted molar refractivity (Wildman–Crippen MR) is 114 cm³/mol. The van der Waals surface area contributed by atoms with Gasteiger partial charge >= 0.3 is 6.18 Å². The van der Waals surface area contributed by atoms with E-state index < -0.39 is 24.3 Å². The number of aromatic nitrogens is 1. The second-order valence-electron chi connectivity index (χ2n) is 8.07. The summed E-state index contributed by atoms with van der Waals surface area (Å²) in [6.45, 7) is 4.63. The van der Waals surface area contributed by atoms with Crippen molar-refractivity contribution in [3.8, 4) is 5.75 Å². The first-order chi connectivity index (χ1) is 14.8. The Labute approximate surface area is 192 Å². The molecule has 1 saturated heterocycles. The highest BCUT2D eigenvalue weighted by molar-refractivity contribution is 7.09. The molecule has 3 rings (SSSR count). The van der Waals surface area contributed by atoms with Crippen LogP contribution in [0, 0.1) is 6.92 Å². The van der Waals surface area contributed by atoms with Crippen molar-refractivity contribution in [2.24, 2.45) is 4.99 Å². The van der Waals surface area contributed by atoms with Crippen molar-refractivity contribution in [3.63, 3.8) is 0 Å². The lowest BCUT2D eigenvalue weighted by Crippen LogP contribution is -2.26. The number of hydrogen-bond donors (Lipinski definition) is 1. The zero-order chi connectivity index (χ0) is 23.7. The molecule has 6 nitrogen and oxygen atoms in total. The molecule has 176 valence electrons. The summed E-state index contributed by atoms with van der Waals surface area (Å²) >= 11 is 7.11. The third-order valence-corrected chi connectivity index (χ3v) is 6.61. The molecular weight excluding hydrogens is 469 g/mol. The lowest BCUT2D eigenvalue weighted by Gasteiger charge is -2.17. The van der Waals surface area contributed by atoms with Gasteiger partial charge in [0.25, 0.3) is 5.91 Å². The minimum atomic E-state index is -4.56. The molecule has 0 spiro atoms. The van der Waals surface area contributed by atoms with Crippen molar-refractivity contribution in [3.05, 3.63) is 44.2 Å². The van der Waals surface area contributed by atoms with E-state index in [2.05, 4.69) is 4.99 Å². The molecule has 11 heteroatoms. The first kappa shape index (κ1) is 24.8. The van der Waals surface area contributed by atoms with Gasteiger partial charge in [-0.05, 0) is 51.8 Å². The summed E-state index contributed by atoms with van der Waals surface area (Å²) in [5.41, 5.74) is -0.605. The number of aliphatic hydroxyl groups is 1.